The number of thiophene rings is 1. The number of nitrogen functional groups attached to an aromatic ring is 1. The summed E-state index contributed by atoms with van der Waals surface area (Å²) >= 11 is 1.62. The Morgan fingerprint density at radius 3 is 2.95 bits per heavy atom. The molecule has 0 spiro atoms. The van der Waals surface area contributed by atoms with Gasteiger partial charge >= 0.3 is 0 Å². The highest BCUT2D eigenvalue weighted by molar-refractivity contribution is 7.18. The van der Waals surface area contributed by atoms with Crippen LogP contribution in [0.2, 0.25) is 0 Å². The van der Waals surface area contributed by atoms with Crippen LogP contribution in [0.3, 0.4) is 0 Å². The Bertz CT molecular complexity index is 744. The molecule has 0 amide bonds. The maximum absolute atomic E-state index is 5.75. The lowest BCUT2D eigenvalue weighted by molar-refractivity contribution is 0.637. The van der Waals surface area contributed by atoms with Crippen LogP contribution in [-0.4, -0.2) is 26.3 Å². The topological polar surface area (TPSA) is 81.7 Å². The van der Waals surface area contributed by atoms with Crippen LogP contribution in [0.1, 0.15) is 10.4 Å². The Balaban J connectivity index is 1.76. The van der Waals surface area contributed by atoms with E-state index in [1.165, 1.54) is 4.88 Å². The van der Waals surface area contributed by atoms with Crippen LogP contribution in [0.4, 0.5) is 11.8 Å². The van der Waals surface area contributed by atoms with Gasteiger partial charge in [0.1, 0.15) is 10.6 Å². The average Bonchev–Trinajstić information content (AvgIpc) is 2.94. The van der Waals surface area contributed by atoms with Gasteiger partial charge in [-0.15, -0.1) is 11.3 Å². The Kier molecular flexibility index (Phi) is 3.27. The predicted molar refractivity (Wildman–Crippen MR) is 82.0 cm³/mol. The molecule has 0 aliphatic heterocycles. The Hall–Kier alpha value is -2.15. The van der Waals surface area contributed by atoms with E-state index in [0.29, 0.717) is 5.95 Å². The van der Waals surface area contributed by atoms with Gasteiger partial charge in [0, 0.05) is 17.6 Å². The summed E-state index contributed by atoms with van der Waals surface area (Å²) in [6.07, 6.45) is 3.86. The Morgan fingerprint density at radius 2 is 2.20 bits per heavy atom. The standard InChI is InChI=1S/C13H16N6S/c1-8-6-16-19(7-8)4-3-15-11-10-5-9(2)20-12(10)18-13(14)17-11/h5-7H,3-4H2,1-2H3,(H3,14,15,17,18). The van der Waals surface area contributed by atoms with E-state index in [4.69, 9.17) is 5.73 Å². The minimum atomic E-state index is 0.303. The number of aromatic nitrogens is 4. The van der Waals surface area contributed by atoms with Crippen LogP contribution in [0.25, 0.3) is 10.2 Å². The fourth-order valence-electron chi connectivity index (χ4n) is 2.07. The Morgan fingerprint density at radius 1 is 1.35 bits per heavy atom. The normalized spacial score (nSPS) is 11.1. The second-order valence-electron chi connectivity index (χ2n) is 4.71. The number of hydrogen-bond acceptors (Lipinski definition) is 6. The molecule has 3 rings (SSSR count). The van der Waals surface area contributed by atoms with Crippen LogP contribution in [0.5, 0.6) is 0 Å². The van der Waals surface area contributed by atoms with Gasteiger partial charge in [0.15, 0.2) is 0 Å². The lowest BCUT2D eigenvalue weighted by Crippen LogP contribution is -2.12. The van der Waals surface area contributed by atoms with Gasteiger partial charge in [0.2, 0.25) is 5.95 Å². The fraction of sp³-hybridized carbons (Fsp3) is 0.308. The van der Waals surface area contributed by atoms with E-state index >= 15 is 0 Å². The van der Waals surface area contributed by atoms with E-state index in [0.717, 1.165) is 34.7 Å². The molecule has 3 heterocycles. The number of nitrogens with zero attached hydrogens (tertiary/aromatic N) is 4. The first-order valence-corrected chi connectivity index (χ1v) is 7.20. The number of rotatable bonds is 4. The van der Waals surface area contributed by atoms with Gasteiger partial charge in [-0.05, 0) is 25.5 Å². The van der Waals surface area contributed by atoms with Gasteiger partial charge in [-0.1, -0.05) is 0 Å². The highest BCUT2D eigenvalue weighted by Crippen LogP contribution is 2.28. The summed E-state index contributed by atoms with van der Waals surface area (Å²) in [6.45, 7) is 5.60. The molecule has 0 saturated carbocycles. The zero-order valence-corrected chi connectivity index (χ0v) is 12.2. The van der Waals surface area contributed by atoms with Crippen molar-refractivity contribution in [3.63, 3.8) is 0 Å². The molecule has 20 heavy (non-hydrogen) atoms. The number of aryl methyl sites for hydroxylation is 2. The second-order valence-corrected chi connectivity index (χ2v) is 5.95. The molecule has 0 saturated heterocycles. The van der Waals surface area contributed by atoms with E-state index in [-0.39, 0.29) is 0 Å². The fourth-order valence-corrected chi connectivity index (χ4v) is 2.96. The summed E-state index contributed by atoms with van der Waals surface area (Å²) < 4.78 is 1.91. The summed E-state index contributed by atoms with van der Waals surface area (Å²) in [5.41, 5.74) is 6.91. The summed E-state index contributed by atoms with van der Waals surface area (Å²) in [5, 5.41) is 8.59. The van der Waals surface area contributed by atoms with Gasteiger partial charge in [-0.3, -0.25) is 4.68 Å². The van der Waals surface area contributed by atoms with Crippen LogP contribution >= 0.6 is 11.3 Å². The van der Waals surface area contributed by atoms with E-state index in [2.05, 4.69) is 33.4 Å². The largest absolute Gasteiger partial charge is 0.368 e. The summed E-state index contributed by atoms with van der Waals surface area (Å²) in [5.74, 6) is 1.09. The van der Waals surface area contributed by atoms with Crippen molar-refractivity contribution in [2.24, 2.45) is 0 Å². The van der Waals surface area contributed by atoms with Crippen molar-refractivity contribution in [3.8, 4) is 0 Å². The van der Waals surface area contributed by atoms with Crippen LogP contribution in [0, 0.1) is 13.8 Å². The van der Waals surface area contributed by atoms with Gasteiger partial charge in [-0.25, -0.2) is 4.98 Å². The van der Waals surface area contributed by atoms with Crippen LogP contribution < -0.4 is 11.1 Å². The van der Waals surface area contributed by atoms with Gasteiger partial charge in [-0.2, -0.15) is 10.1 Å². The second kappa shape index (κ2) is 5.09. The molecule has 0 unspecified atom stereocenters. The Labute approximate surface area is 120 Å². The molecule has 0 atom stereocenters. The highest BCUT2D eigenvalue weighted by Gasteiger charge is 2.08. The third-order valence-corrected chi connectivity index (χ3v) is 3.87. The molecule has 0 bridgehead atoms. The minimum absolute atomic E-state index is 0.303. The molecule has 0 aromatic carbocycles. The molecule has 0 aliphatic rings. The monoisotopic (exact) mass is 288 g/mol. The summed E-state index contributed by atoms with van der Waals surface area (Å²) in [7, 11) is 0. The molecule has 6 nitrogen and oxygen atoms in total. The maximum Gasteiger partial charge on any atom is 0.223 e. The van der Waals surface area contributed by atoms with Crippen molar-refractivity contribution < 1.29 is 0 Å². The maximum atomic E-state index is 5.75. The highest BCUT2D eigenvalue weighted by atomic mass is 32.1. The molecule has 0 aliphatic carbocycles. The van der Waals surface area contributed by atoms with Crippen LogP contribution in [-0.2, 0) is 6.54 Å². The molecule has 3 N–H and O–H groups in total. The van der Waals surface area contributed by atoms with Crippen molar-refractivity contribution in [2.75, 3.05) is 17.6 Å². The number of fused-ring (bicyclic) bond motifs is 1. The minimum Gasteiger partial charge on any atom is -0.368 e. The zero-order valence-electron chi connectivity index (χ0n) is 11.4. The zero-order chi connectivity index (χ0) is 14.1. The van der Waals surface area contributed by atoms with Gasteiger partial charge in [0.25, 0.3) is 0 Å². The number of anilines is 2. The van der Waals surface area contributed by atoms with Crippen molar-refractivity contribution in [1.29, 1.82) is 0 Å². The first-order valence-electron chi connectivity index (χ1n) is 6.38. The SMILES string of the molecule is Cc1cnn(CCNc2nc(N)nc3sc(C)cc23)c1. The van der Waals surface area contributed by atoms with Crippen molar-refractivity contribution in [3.05, 3.63) is 28.9 Å². The summed E-state index contributed by atoms with van der Waals surface area (Å²) in [4.78, 5) is 10.7. The molecule has 3 aromatic rings. The lowest BCUT2D eigenvalue weighted by Gasteiger charge is -2.07. The van der Waals surface area contributed by atoms with Crippen LogP contribution in [0.15, 0.2) is 18.5 Å². The molecular weight excluding hydrogens is 272 g/mol. The van der Waals surface area contributed by atoms with Crippen molar-refractivity contribution in [1.82, 2.24) is 19.7 Å². The predicted octanol–water partition coefficient (Wildman–Crippen LogP) is 2.20. The summed E-state index contributed by atoms with van der Waals surface area (Å²) in [6, 6.07) is 2.08. The van der Waals surface area contributed by atoms with E-state index in [1.807, 2.05) is 24.0 Å². The average molecular weight is 288 g/mol. The third-order valence-electron chi connectivity index (χ3n) is 2.93. The smallest absolute Gasteiger partial charge is 0.223 e. The quantitative estimate of drug-likeness (QED) is 0.769. The van der Waals surface area contributed by atoms with E-state index < -0.39 is 0 Å². The van der Waals surface area contributed by atoms with E-state index in [1.54, 1.807) is 11.3 Å². The molecule has 3 aromatic heterocycles. The van der Waals surface area contributed by atoms with Gasteiger partial charge < -0.3 is 11.1 Å². The number of nitrogens with two attached hydrogens (primary N) is 1. The number of hydrogen-bond donors (Lipinski definition) is 2. The van der Waals surface area contributed by atoms with Gasteiger partial charge in [0.05, 0.1) is 18.1 Å². The third kappa shape index (κ3) is 2.57. The van der Waals surface area contributed by atoms with E-state index in [9.17, 15) is 0 Å². The lowest BCUT2D eigenvalue weighted by atomic mass is 10.3. The first-order chi connectivity index (χ1) is 9.61. The molecule has 104 valence electrons. The molecular formula is C13H16N6S. The molecule has 0 fully saturated rings. The number of nitrogens with one attached hydrogen (secondary N) is 1. The van der Waals surface area contributed by atoms with Crippen molar-refractivity contribution in [2.45, 2.75) is 20.4 Å². The molecule has 0 radical (unpaired) electrons. The first kappa shape index (κ1) is 12.9. The van der Waals surface area contributed by atoms with Crippen molar-refractivity contribution >= 4 is 33.3 Å². The molecule has 7 heteroatoms.